The molecule has 2 aromatic rings. The second-order valence-electron chi connectivity index (χ2n) is 9.15. The van der Waals surface area contributed by atoms with Gasteiger partial charge in [0.15, 0.2) is 0 Å². The topological polar surface area (TPSA) is 95.2 Å². The van der Waals surface area contributed by atoms with Crippen LogP contribution in [0.1, 0.15) is 66.5 Å². The summed E-state index contributed by atoms with van der Waals surface area (Å²) in [6.45, 7) is 8.69. The minimum absolute atomic E-state index is 0.0471. The highest BCUT2D eigenvalue weighted by Crippen LogP contribution is 2.44. The summed E-state index contributed by atoms with van der Waals surface area (Å²) in [6.07, 6.45) is 7.91. The van der Waals surface area contributed by atoms with Crippen molar-refractivity contribution >= 4 is 12.2 Å². The van der Waals surface area contributed by atoms with Gasteiger partial charge >= 0.3 is 0 Å². The summed E-state index contributed by atoms with van der Waals surface area (Å²) in [5.41, 5.74) is 17.8. The lowest BCUT2D eigenvalue weighted by Crippen LogP contribution is -2.33. The second kappa shape index (κ2) is 10.1. The summed E-state index contributed by atoms with van der Waals surface area (Å²) >= 11 is 0. The summed E-state index contributed by atoms with van der Waals surface area (Å²) in [4.78, 5) is 0. The number of nitrogens with zero attached hydrogens (tertiary/aromatic N) is 2. The van der Waals surface area contributed by atoms with E-state index in [-0.39, 0.29) is 11.6 Å². The molecule has 2 aromatic carbocycles. The van der Waals surface area contributed by atoms with Crippen molar-refractivity contribution in [1.82, 2.24) is 0 Å². The standard InChI is InChI=1S/C26H36N4O2/c1-17-22-14-15-26(3,4)32-24(22)18(2)21(23(17)31-5)9-7-6-8-19-10-12-20(13-11-19)16-29-30-25(27)28/h10-13,16H,6-9,14-15H2,1-5H3,(H4,27,28,30)/b29-16+. The van der Waals surface area contributed by atoms with Gasteiger partial charge in [0.2, 0.25) is 5.96 Å². The molecule has 0 aliphatic carbocycles. The van der Waals surface area contributed by atoms with Crippen molar-refractivity contribution in [3.63, 3.8) is 0 Å². The molecule has 1 aliphatic heterocycles. The quantitative estimate of drug-likeness (QED) is 0.274. The Morgan fingerprint density at radius 1 is 1.09 bits per heavy atom. The van der Waals surface area contributed by atoms with Gasteiger partial charge in [0.25, 0.3) is 0 Å². The molecule has 32 heavy (non-hydrogen) atoms. The Bertz CT molecular complexity index is 1000. The molecule has 0 amide bonds. The number of guanidine groups is 1. The van der Waals surface area contributed by atoms with Crippen LogP contribution in [0.5, 0.6) is 11.5 Å². The summed E-state index contributed by atoms with van der Waals surface area (Å²) in [5.74, 6) is 2.07. The molecule has 0 fully saturated rings. The molecule has 0 saturated carbocycles. The Morgan fingerprint density at radius 3 is 2.44 bits per heavy atom. The molecule has 0 unspecified atom stereocenters. The first-order chi connectivity index (χ1) is 15.2. The van der Waals surface area contributed by atoms with Crippen LogP contribution in [0.2, 0.25) is 0 Å². The summed E-state index contributed by atoms with van der Waals surface area (Å²) in [7, 11) is 1.78. The fourth-order valence-corrected chi connectivity index (χ4v) is 4.40. The van der Waals surface area contributed by atoms with E-state index in [4.69, 9.17) is 20.9 Å². The second-order valence-corrected chi connectivity index (χ2v) is 9.15. The van der Waals surface area contributed by atoms with Gasteiger partial charge in [-0.2, -0.15) is 5.10 Å². The first-order valence-corrected chi connectivity index (χ1v) is 11.3. The Hall–Kier alpha value is -3.02. The molecule has 0 aromatic heterocycles. The first-order valence-electron chi connectivity index (χ1n) is 11.3. The SMILES string of the molecule is COc1c(C)c2c(c(C)c1CCCCc1ccc(/C=N/N=C(N)N)cc1)OC(C)(C)CC2. The van der Waals surface area contributed by atoms with Crippen LogP contribution in [0.25, 0.3) is 0 Å². The van der Waals surface area contributed by atoms with Gasteiger partial charge in [0, 0.05) is 11.1 Å². The van der Waals surface area contributed by atoms with Crippen LogP contribution < -0.4 is 20.9 Å². The van der Waals surface area contributed by atoms with Gasteiger partial charge < -0.3 is 20.9 Å². The van der Waals surface area contributed by atoms with E-state index >= 15 is 0 Å². The summed E-state index contributed by atoms with van der Waals surface area (Å²) in [5, 5.41) is 7.46. The molecular formula is C26H36N4O2. The lowest BCUT2D eigenvalue weighted by atomic mass is 9.86. The number of nitrogens with two attached hydrogens (primary N) is 2. The maximum Gasteiger partial charge on any atom is 0.211 e. The van der Waals surface area contributed by atoms with Crippen LogP contribution >= 0.6 is 0 Å². The van der Waals surface area contributed by atoms with Crippen LogP contribution in [-0.4, -0.2) is 24.9 Å². The van der Waals surface area contributed by atoms with Gasteiger partial charge in [-0.3, -0.25) is 0 Å². The Morgan fingerprint density at radius 2 is 1.78 bits per heavy atom. The van der Waals surface area contributed by atoms with Crippen molar-refractivity contribution in [2.24, 2.45) is 21.7 Å². The van der Waals surface area contributed by atoms with E-state index in [1.165, 1.54) is 27.8 Å². The lowest BCUT2D eigenvalue weighted by molar-refractivity contribution is 0.0831. The smallest absolute Gasteiger partial charge is 0.211 e. The van der Waals surface area contributed by atoms with E-state index in [2.05, 4.69) is 50.0 Å². The number of aryl methyl sites for hydroxylation is 1. The number of ether oxygens (including phenoxy) is 2. The maximum absolute atomic E-state index is 6.41. The zero-order valence-electron chi connectivity index (χ0n) is 20.0. The third-order valence-electron chi connectivity index (χ3n) is 6.20. The molecule has 0 radical (unpaired) electrons. The number of benzene rings is 2. The maximum atomic E-state index is 6.41. The number of fused-ring (bicyclic) bond motifs is 1. The van der Waals surface area contributed by atoms with E-state index in [0.717, 1.165) is 55.6 Å². The Balaban J connectivity index is 1.64. The summed E-state index contributed by atoms with van der Waals surface area (Å²) in [6, 6.07) is 8.31. The van der Waals surface area contributed by atoms with E-state index in [9.17, 15) is 0 Å². The van der Waals surface area contributed by atoms with Crippen LogP contribution in [-0.2, 0) is 19.3 Å². The summed E-state index contributed by atoms with van der Waals surface area (Å²) < 4.78 is 12.3. The normalized spacial score (nSPS) is 14.7. The fourth-order valence-electron chi connectivity index (χ4n) is 4.40. The van der Waals surface area contributed by atoms with Crippen LogP contribution in [0.3, 0.4) is 0 Å². The van der Waals surface area contributed by atoms with Crippen molar-refractivity contribution < 1.29 is 9.47 Å². The Kier molecular flexibility index (Phi) is 7.44. The van der Waals surface area contributed by atoms with Gasteiger partial charge in [-0.15, -0.1) is 5.10 Å². The monoisotopic (exact) mass is 436 g/mol. The van der Waals surface area contributed by atoms with Crippen molar-refractivity contribution in [2.75, 3.05) is 7.11 Å². The lowest BCUT2D eigenvalue weighted by Gasteiger charge is -2.36. The van der Waals surface area contributed by atoms with Crippen LogP contribution in [0.15, 0.2) is 34.5 Å². The highest BCUT2D eigenvalue weighted by atomic mass is 16.5. The molecule has 172 valence electrons. The zero-order chi connectivity index (χ0) is 23.3. The molecule has 0 atom stereocenters. The van der Waals surface area contributed by atoms with Gasteiger partial charge in [-0.05, 0) is 88.5 Å². The molecule has 1 heterocycles. The fraction of sp³-hybridized carbons (Fsp3) is 0.462. The van der Waals surface area contributed by atoms with Crippen molar-refractivity contribution in [3.05, 3.63) is 57.6 Å². The van der Waals surface area contributed by atoms with Crippen molar-refractivity contribution in [2.45, 2.75) is 71.8 Å². The molecule has 0 bridgehead atoms. The van der Waals surface area contributed by atoms with Crippen molar-refractivity contribution in [1.29, 1.82) is 0 Å². The first kappa shape index (κ1) is 23.6. The molecule has 6 nitrogen and oxygen atoms in total. The Labute approximate surface area is 191 Å². The molecule has 4 N–H and O–H groups in total. The molecule has 6 heteroatoms. The van der Waals surface area contributed by atoms with Crippen LogP contribution in [0, 0.1) is 13.8 Å². The average Bonchev–Trinajstić information content (AvgIpc) is 2.74. The number of unbranched alkanes of at least 4 members (excludes halogenated alkanes) is 1. The third-order valence-corrected chi connectivity index (χ3v) is 6.20. The van der Waals surface area contributed by atoms with E-state index in [0.29, 0.717) is 0 Å². The number of hydrogen-bond acceptors (Lipinski definition) is 4. The molecule has 0 saturated heterocycles. The van der Waals surface area contributed by atoms with E-state index in [1.54, 1.807) is 13.3 Å². The predicted molar refractivity (Wildman–Crippen MR) is 132 cm³/mol. The molecule has 3 rings (SSSR count). The molecule has 0 spiro atoms. The molecular weight excluding hydrogens is 400 g/mol. The van der Waals surface area contributed by atoms with Gasteiger partial charge in [0.1, 0.15) is 17.1 Å². The highest BCUT2D eigenvalue weighted by molar-refractivity contribution is 5.81. The zero-order valence-corrected chi connectivity index (χ0v) is 20.0. The van der Waals surface area contributed by atoms with E-state index in [1.807, 2.05) is 12.1 Å². The van der Waals surface area contributed by atoms with Gasteiger partial charge in [-0.25, -0.2) is 0 Å². The number of rotatable bonds is 8. The third kappa shape index (κ3) is 5.61. The molecule has 1 aliphatic rings. The van der Waals surface area contributed by atoms with Gasteiger partial charge in [0.05, 0.1) is 13.3 Å². The van der Waals surface area contributed by atoms with Gasteiger partial charge in [-0.1, -0.05) is 24.3 Å². The van der Waals surface area contributed by atoms with E-state index < -0.39 is 0 Å². The largest absolute Gasteiger partial charge is 0.496 e. The van der Waals surface area contributed by atoms with Crippen molar-refractivity contribution in [3.8, 4) is 11.5 Å². The van der Waals surface area contributed by atoms with Crippen LogP contribution in [0.4, 0.5) is 0 Å². The highest BCUT2D eigenvalue weighted by Gasteiger charge is 2.31. The number of hydrogen-bond donors (Lipinski definition) is 2. The number of methoxy groups -OCH3 is 1. The minimum atomic E-state index is -0.115. The minimum Gasteiger partial charge on any atom is -0.496 e. The average molecular weight is 437 g/mol. The predicted octanol–water partition coefficient (Wildman–Crippen LogP) is 4.59.